The number of hydrogen-bond acceptors (Lipinski definition) is 2. The lowest BCUT2D eigenvalue weighted by Gasteiger charge is -2.11. The van der Waals surface area contributed by atoms with E-state index in [2.05, 4.69) is 48.4 Å². The molecule has 1 heterocycles. The van der Waals surface area contributed by atoms with Crippen LogP contribution < -0.4 is 9.30 Å². The van der Waals surface area contributed by atoms with Crippen LogP contribution in [0.3, 0.4) is 0 Å². The highest BCUT2D eigenvalue weighted by Crippen LogP contribution is 2.17. The van der Waals surface area contributed by atoms with Crippen molar-refractivity contribution in [1.82, 2.24) is 4.57 Å². The van der Waals surface area contributed by atoms with Crippen molar-refractivity contribution in [3.63, 3.8) is 0 Å². The lowest BCUT2D eigenvalue weighted by Crippen LogP contribution is -2.41. The van der Waals surface area contributed by atoms with Crippen LogP contribution in [0, 0.1) is 13.8 Å². The average Bonchev–Trinajstić information content (AvgIpc) is 2.91. The summed E-state index contributed by atoms with van der Waals surface area (Å²) in [4.78, 5) is 0. The number of aromatic nitrogens is 2. The molecule has 1 atom stereocenters. The molecule has 1 unspecified atom stereocenters. The third-order valence-corrected chi connectivity index (χ3v) is 4.42. The highest BCUT2D eigenvalue weighted by Gasteiger charge is 2.19. The number of aliphatic hydroxyl groups is 1. The second-order valence-corrected chi connectivity index (χ2v) is 6.26. The van der Waals surface area contributed by atoms with Gasteiger partial charge in [0, 0.05) is 0 Å². The molecule has 0 saturated heterocycles. The van der Waals surface area contributed by atoms with Gasteiger partial charge < -0.3 is 9.84 Å². The lowest BCUT2D eigenvalue weighted by atomic mass is 10.1. The number of benzene rings is 2. The predicted octanol–water partition coefficient (Wildman–Crippen LogP) is 3.01. The summed E-state index contributed by atoms with van der Waals surface area (Å²) < 4.78 is 9.99. The van der Waals surface area contributed by atoms with Gasteiger partial charge in [-0.15, -0.1) is 0 Å². The van der Waals surface area contributed by atoms with Gasteiger partial charge in [0.25, 0.3) is 0 Å². The van der Waals surface area contributed by atoms with E-state index in [1.165, 1.54) is 16.6 Å². The third kappa shape index (κ3) is 3.44. The summed E-state index contributed by atoms with van der Waals surface area (Å²) in [5.41, 5.74) is 4.91. The number of para-hydroxylation sites is 1. The number of aryl methyl sites for hydroxylation is 3. The normalized spacial score (nSPS) is 12.5. The number of imidazole rings is 1. The van der Waals surface area contributed by atoms with Crippen molar-refractivity contribution in [3.05, 3.63) is 59.9 Å². The van der Waals surface area contributed by atoms with Crippen LogP contribution in [-0.4, -0.2) is 22.4 Å². The van der Waals surface area contributed by atoms with Crippen LogP contribution in [0.4, 0.5) is 0 Å². The van der Waals surface area contributed by atoms with E-state index in [-0.39, 0.29) is 6.61 Å². The number of ether oxygens (including phenoxy) is 1. The molecule has 0 fully saturated rings. The van der Waals surface area contributed by atoms with Crippen molar-refractivity contribution in [1.29, 1.82) is 0 Å². The molecule has 0 aliphatic rings. The molecule has 3 aromatic rings. The van der Waals surface area contributed by atoms with Gasteiger partial charge in [0.1, 0.15) is 25.0 Å². The molecule has 0 amide bonds. The molecule has 24 heavy (non-hydrogen) atoms. The molecular weight excluding hydrogens is 300 g/mol. The van der Waals surface area contributed by atoms with Gasteiger partial charge in [0.2, 0.25) is 6.33 Å². The van der Waals surface area contributed by atoms with Crippen LogP contribution in [0.15, 0.2) is 48.8 Å². The van der Waals surface area contributed by atoms with Crippen LogP contribution >= 0.6 is 0 Å². The molecule has 4 heteroatoms. The zero-order valence-electron chi connectivity index (χ0n) is 14.6. The Morgan fingerprint density at radius 3 is 2.54 bits per heavy atom. The maximum atomic E-state index is 10.4. The molecule has 0 bridgehead atoms. The fourth-order valence-electron chi connectivity index (χ4n) is 2.92. The van der Waals surface area contributed by atoms with Crippen molar-refractivity contribution in [2.75, 3.05) is 6.61 Å². The largest absolute Gasteiger partial charge is 0.491 e. The standard InChI is InChI=1S/C20H25N2O2/c1-4-21-14-22(20-11-16(3)15(2)10-19(20)21)12-17(23)13-24-18-8-6-5-7-9-18/h5-11,14,17,23H,4,12-13H2,1-3H3/q+1. The molecule has 2 aromatic carbocycles. The number of nitrogens with zero attached hydrogens (tertiary/aromatic N) is 2. The van der Waals surface area contributed by atoms with Crippen molar-refractivity contribution < 1.29 is 14.4 Å². The fraction of sp³-hybridized carbons (Fsp3) is 0.350. The first-order chi connectivity index (χ1) is 11.6. The number of hydrogen-bond donors (Lipinski definition) is 1. The van der Waals surface area contributed by atoms with Gasteiger partial charge in [-0.1, -0.05) is 18.2 Å². The molecule has 0 aliphatic heterocycles. The molecule has 0 spiro atoms. The molecular formula is C20H25N2O2+. The van der Waals surface area contributed by atoms with Crippen LogP contribution in [-0.2, 0) is 13.1 Å². The van der Waals surface area contributed by atoms with E-state index in [0.29, 0.717) is 6.54 Å². The van der Waals surface area contributed by atoms with Gasteiger partial charge in [-0.25, -0.2) is 9.13 Å². The van der Waals surface area contributed by atoms with Crippen LogP contribution in [0.1, 0.15) is 18.1 Å². The van der Waals surface area contributed by atoms with Gasteiger partial charge in [-0.05, 0) is 56.2 Å². The van der Waals surface area contributed by atoms with Crippen LogP contribution in [0.25, 0.3) is 11.0 Å². The summed E-state index contributed by atoms with van der Waals surface area (Å²) in [6.07, 6.45) is 1.52. The monoisotopic (exact) mass is 325 g/mol. The second kappa shape index (κ2) is 7.05. The zero-order valence-corrected chi connectivity index (χ0v) is 14.6. The van der Waals surface area contributed by atoms with E-state index in [1.54, 1.807) is 0 Å². The number of rotatable bonds is 6. The summed E-state index contributed by atoms with van der Waals surface area (Å²) >= 11 is 0. The maximum absolute atomic E-state index is 10.4. The van der Waals surface area contributed by atoms with E-state index in [0.717, 1.165) is 17.8 Å². The minimum absolute atomic E-state index is 0.278. The molecule has 1 aromatic heterocycles. The first kappa shape index (κ1) is 16.5. The molecule has 126 valence electrons. The summed E-state index contributed by atoms with van der Waals surface area (Å²) in [6.45, 7) is 8.09. The number of aliphatic hydroxyl groups excluding tert-OH is 1. The first-order valence-corrected chi connectivity index (χ1v) is 8.44. The summed E-state index contributed by atoms with van der Waals surface area (Å²) in [7, 11) is 0. The summed E-state index contributed by atoms with van der Waals surface area (Å²) in [5.74, 6) is 0.781. The Labute approximate surface area is 142 Å². The lowest BCUT2D eigenvalue weighted by molar-refractivity contribution is -0.679. The molecule has 0 saturated carbocycles. The smallest absolute Gasteiger partial charge is 0.244 e. The van der Waals surface area contributed by atoms with Crippen LogP contribution in [0.5, 0.6) is 5.75 Å². The summed E-state index contributed by atoms with van der Waals surface area (Å²) in [6, 6.07) is 14.0. The highest BCUT2D eigenvalue weighted by molar-refractivity contribution is 5.74. The molecule has 3 rings (SSSR count). The third-order valence-electron chi connectivity index (χ3n) is 4.42. The molecule has 4 nitrogen and oxygen atoms in total. The van der Waals surface area contributed by atoms with Gasteiger partial charge in [0.15, 0.2) is 11.0 Å². The number of fused-ring (bicyclic) bond motifs is 1. The Morgan fingerprint density at radius 2 is 1.83 bits per heavy atom. The zero-order chi connectivity index (χ0) is 17.1. The molecule has 0 radical (unpaired) electrons. The van der Waals surface area contributed by atoms with E-state index in [4.69, 9.17) is 4.74 Å². The van der Waals surface area contributed by atoms with E-state index >= 15 is 0 Å². The molecule has 0 aliphatic carbocycles. The Kier molecular flexibility index (Phi) is 4.86. The van der Waals surface area contributed by atoms with Gasteiger partial charge >= 0.3 is 0 Å². The van der Waals surface area contributed by atoms with Crippen molar-refractivity contribution in [3.8, 4) is 5.75 Å². The SMILES string of the molecule is CCn1c[n+](CC(O)COc2ccccc2)c2cc(C)c(C)cc21. The minimum atomic E-state index is -0.562. The minimum Gasteiger partial charge on any atom is -0.491 e. The average molecular weight is 325 g/mol. The molecule has 1 N–H and O–H groups in total. The van der Waals surface area contributed by atoms with Gasteiger partial charge in [-0.2, -0.15) is 0 Å². The van der Waals surface area contributed by atoms with Crippen molar-refractivity contribution >= 4 is 11.0 Å². The van der Waals surface area contributed by atoms with E-state index in [1.807, 2.05) is 30.3 Å². The first-order valence-electron chi connectivity index (χ1n) is 8.44. The van der Waals surface area contributed by atoms with Crippen molar-refractivity contribution in [2.24, 2.45) is 0 Å². The Balaban J connectivity index is 1.78. The second-order valence-electron chi connectivity index (χ2n) is 6.26. The topological polar surface area (TPSA) is 38.3 Å². The Morgan fingerprint density at radius 1 is 1.12 bits per heavy atom. The Hall–Kier alpha value is -2.33. The Bertz CT molecular complexity index is 825. The van der Waals surface area contributed by atoms with E-state index < -0.39 is 6.10 Å². The predicted molar refractivity (Wildman–Crippen MR) is 95.2 cm³/mol. The quantitative estimate of drug-likeness (QED) is 0.708. The van der Waals surface area contributed by atoms with E-state index in [9.17, 15) is 5.11 Å². The highest BCUT2D eigenvalue weighted by atomic mass is 16.5. The van der Waals surface area contributed by atoms with Gasteiger partial charge in [0.05, 0.1) is 6.54 Å². The summed E-state index contributed by atoms with van der Waals surface area (Å²) in [5, 5.41) is 10.4. The van der Waals surface area contributed by atoms with Crippen molar-refractivity contribution in [2.45, 2.75) is 40.0 Å². The maximum Gasteiger partial charge on any atom is 0.244 e. The van der Waals surface area contributed by atoms with Gasteiger partial charge in [-0.3, -0.25) is 0 Å². The fourth-order valence-corrected chi connectivity index (χ4v) is 2.92. The van der Waals surface area contributed by atoms with Crippen LogP contribution in [0.2, 0.25) is 0 Å².